The summed E-state index contributed by atoms with van der Waals surface area (Å²) in [6.07, 6.45) is 1.90. The molecule has 0 unspecified atom stereocenters. The van der Waals surface area contributed by atoms with Crippen LogP contribution in [0.15, 0.2) is 24.4 Å². The van der Waals surface area contributed by atoms with Crippen molar-refractivity contribution in [2.75, 3.05) is 0 Å². The van der Waals surface area contributed by atoms with E-state index in [0.717, 1.165) is 11.4 Å². The van der Waals surface area contributed by atoms with Crippen molar-refractivity contribution in [3.8, 4) is 5.69 Å². The van der Waals surface area contributed by atoms with Crippen LogP contribution in [-0.4, -0.2) is 9.55 Å². The van der Waals surface area contributed by atoms with Crippen LogP contribution in [0.5, 0.6) is 0 Å². The summed E-state index contributed by atoms with van der Waals surface area (Å²) < 4.78 is 2.49. The Kier molecular flexibility index (Phi) is 3.61. The minimum Gasteiger partial charge on any atom is -0.337 e. The van der Waals surface area contributed by atoms with Crippen LogP contribution < -0.4 is 0 Å². The Morgan fingerprint density at radius 1 is 1.24 bits per heavy atom. The molecule has 0 saturated carbocycles. The standard InChI is InChI=1S/C12H12Cl2N2S/c1-7(2)10-6-15-12(17)16(10)11-8(13)4-3-5-9(11)14/h3-7H,1-2H3,(H,15,17). The Labute approximate surface area is 115 Å². The highest BCUT2D eigenvalue weighted by molar-refractivity contribution is 7.71. The number of para-hydroxylation sites is 1. The van der Waals surface area contributed by atoms with Crippen LogP contribution in [0, 0.1) is 4.77 Å². The molecule has 1 aromatic carbocycles. The molecule has 90 valence electrons. The summed E-state index contributed by atoms with van der Waals surface area (Å²) in [7, 11) is 0. The van der Waals surface area contributed by atoms with E-state index >= 15 is 0 Å². The fraction of sp³-hybridized carbons (Fsp3) is 0.250. The van der Waals surface area contributed by atoms with E-state index in [1.54, 1.807) is 0 Å². The van der Waals surface area contributed by atoms with Gasteiger partial charge in [0.05, 0.1) is 15.7 Å². The van der Waals surface area contributed by atoms with Gasteiger partial charge in [0, 0.05) is 11.9 Å². The van der Waals surface area contributed by atoms with Gasteiger partial charge in [0.15, 0.2) is 4.77 Å². The summed E-state index contributed by atoms with van der Waals surface area (Å²) in [4.78, 5) is 3.03. The second-order valence-corrected chi connectivity index (χ2v) is 5.28. The van der Waals surface area contributed by atoms with Gasteiger partial charge in [0.2, 0.25) is 0 Å². The Bertz CT molecular complexity index is 579. The van der Waals surface area contributed by atoms with Crippen LogP contribution in [0.2, 0.25) is 10.0 Å². The van der Waals surface area contributed by atoms with Crippen LogP contribution in [-0.2, 0) is 0 Å². The molecule has 0 spiro atoms. The summed E-state index contributed by atoms with van der Waals surface area (Å²) in [5.41, 5.74) is 1.80. The van der Waals surface area contributed by atoms with Gasteiger partial charge in [-0.05, 0) is 30.3 Å². The number of hydrogen-bond donors (Lipinski definition) is 1. The number of nitrogens with one attached hydrogen (secondary N) is 1. The lowest BCUT2D eigenvalue weighted by Crippen LogP contribution is -2.03. The molecule has 17 heavy (non-hydrogen) atoms. The Morgan fingerprint density at radius 2 is 1.82 bits per heavy atom. The van der Waals surface area contributed by atoms with E-state index in [-0.39, 0.29) is 0 Å². The SMILES string of the molecule is CC(C)c1c[nH]c(=S)n1-c1c(Cl)cccc1Cl. The quantitative estimate of drug-likeness (QED) is 0.774. The van der Waals surface area contributed by atoms with Crippen molar-refractivity contribution in [1.29, 1.82) is 0 Å². The van der Waals surface area contributed by atoms with Crippen molar-refractivity contribution in [2.45, 2.75) is 19.8 Å². The smallest absolute Gasteiger partial charge is 0.182 e. The molecule has 0 amide bonds. The fourth-order valence-electron chi connectivity index (χ4n) is 1.74. The number of benzene rings is 1. The van der Waals surface area contributed by atoms with E-state index in [4.69, 9.17) is 35.4 Å². The number of H-pyrrole nitrogens is 1. The molecule has 0 fully saturated rings. The van der Waals surface area contributed by atoms with Crippen LogP contribution >= 0.6 is 35.4 Å². The van der Waals surface area contributed by atoms with Gasteiger partial charge in [-0.15, -0.1) is 0 Å². The summed E-state index contributed by atoms with van der Waals surface area (Å²) in [6, 6.07) is 5.43. The molecule has 0 aliphatic carbocycles. The molecule has 1 aromatic heterocycles. The van der Waals surface area contributed by atoms with Gasteiger partial charge in [-0.3, -0.25) is 4.57 Å². The van der Waals surface area contributed by atoms with Gasteiger partial charge in [-0.25, -0.2) is 0 Å². The molecule has 1 heterocycles. The minimum atomic E-state index is 0.329. The lowest BCUT2D eigenvalue weighted by molar-refractivity contribution is 0.784. The Hall–Kier alpha value is -0.770. The maximum atomic E-state index is 6.20. The second-order valence-electron chi connectivity index (χ2n) is 4.08. The number of imidazole rings is 1. The molecule has 0 aliphatic heterocycles. The van der Waals surface area contributed by atoms with Gasteiger partial charge >= 0.3 is 0 Å². The van der Waals surface area contributed by atoms with E-state index < -0.39 is 0 Å². The normalized spacial score (nSPS) is 11.1. The molecule has 0 aliphatic rings. The Morgan fingerprint density at radius 3 is 2.35 bits per heavy atom. The first-order chi connectivity index (χ1) is 8.02. The lowest BCUT2D eigenvalue weighted by atomic mass is 10.1. The molecular formula is C12H12Cl2N2S. The van der Waals surface area contributed by atoms with Crippen LogP contribution in [0.4, 0.5) is 0 Å². The van der Waals surface area contributed by atoms with Crippen molar-refractivity contribution in [2.24, 2.45) is 0 Å². The highest BCUT2D eigenvalue weighted by Crippen LogP contribution is 2.31. The number of aromatic amines is 1. The van der Waals surface area contributed by atoms with E-state index in [1.165, 1.54) is 0 Å². The van der Waals surface area contributed by atoms with Crippen molar-refractivity contribution < 1.29 is 0 Å². The first-order valence-electron chi connectivity index (χ1n) is 5.27. The van der Waals surface area contributed by atoms with Gasteiger partial charge in [-0.1, -0.05) is 43.1 Å². The molecule has 5 heteroatoms. The summed E-state index contributed by atoms with van der Waals surface area (Å²) >= 11 is 17.7. The first kappa shape index (κ1) is 12.7. The lowest BCUT2D eigenvalue weighted by Gasteiger charge is -2.13. The second kappa shape index (κ2) is 4.84. The summed E-state index contributed by atoms with van der Waals surface area (Å²) in [5.74, 6) is 0.329. The Balaban J connectivity index is 2.77. The number of halogens is 2. The van der Waals surface area contributed by atoms with Crippen molar-refractivity contribution in [3.63, 3.8) is 0 Å². The third kappa shape index (κ3) is 2.28. The zero-order valence-corrected chi connectivity index (χ0v) is 11.8. The number of hydrogen-bond acceptors (Lipinski definition) is 1. The highest BCUT2D eigenvalue weighted by Gasteiger charge is 2.14. The molecule has 0 bridgehead atoms. The van der Waals surface area contributed by atoms with Crippen LogP contribution in [0.3, 0.4) is 0 Å². The predicted octanol–water partition coefficient (Wildman–Crippen LogP) is 4.97. The fourth-order valence-corrected chi connectivity index (χ4v) is 2.56. The predicted molar refractivity (Wildman–Crippen MR) is 75.1 cm³/mol. The number of nitrogens with zero attached hydrogens (tertiary/aromatic N) is 1. The third-order valence-electron chi connectivity index (χ3n) is 2.56. The molecule has 0 atom stereocenters. The molecule has 2 rings (SSSR count). The zero-order chi connectivity index (χ0) is 12.6. The van der Waals surface area contributed by atoms with E-state index in [0.29, 0.717) is 20.7 Å². The molecule has 0 saturated heterocycles. The van der Waals surface area contributed by atoms with Gasteiger partial charge in [-0.2, -0.15) is 0 Å². The number of aromatic nitrogens is 2. The van der Waals surface area contributed by atoms with Crippen molar-refractivity contribution in [3.05, 3.63) is 44.9 Å². The van der Waals surface area contributed by atoms with E-state index in [2.05, 4.69) is 18.8 Å². The number of rotatable bonds is 2. The first-order valence-corrected chi connectivity index (χ1v) is 6.43. The average Bonchev–Trinajstić information content (AvgIpc) is 2.61. The monoisotopic (exact) mass is 286 g/mol. The van der Waals surface area contributed by atoms with Crippen molar-refractivity contribution >= 4 is 35.4 Å². The highest BCUT2D eigenvalue weighted by atomic mass is 35.5. The van der Waals surface area contributed by atoms with E-state index in [9.17, 15) is 0 Å². The topological polar surface area (TPSA) is 20.7 Å². The summed E-state index contributed by atoms with van der Waals surface area (Å²) in [6.45, 7) is 4.19. The molecule has 0 radical (unpaired) electrons. The minimum absolute atomic E-state index is 0.329. The maximum absolute atomic E-state index is 6.20. The largest absolute Gasteiger partial charge is 0.337 e. The maximum Gasteiger partial charge on any atom is 0.182 e. The summed E-state index contributed by atoms with van der Waals surface area (Å²) in [5, 5.41) is 1.19. The van der Waals surface area contributed by atoms with Crippen LogP contribution in [0.25, 0.3) is 5.69 Å². The van der Waals surface area contributed by atoms with E-state index in [1.807, 2.05) is 29.0 Å². The van der Waals surface area contributed by atoms with Gasteiger partial charge < -0.3 is 4.98 Å². The molecule has 2 aromatic rings. The zero-order valence-electron chi connectivity index (χ0n) is 9.50. The van der Waals surface area contributed by atoms with Crippen LogP contribution in [0.1, 0.15) is 25.5 Å². The molecular weight excluding hydrogens is 275 g/mol. The third-order valence-corrected chi connectivity index (χ3v) is 3.47. The average molecular weight is 287 g/mol. The van der Waals surface area contributed by atoms with Crippen molar-refractivity contribution in [1.82, 2.24) is 9.55 Å². The van der Waals surface area contributed by atoms with Gasteiger partial charge in [0.1, 0.15) is 0 Å². The molecule has 2 nitrogen and oxygen atoms in total. The molecule has 1 N–H and O–H groups in total. The van der Waals surface area contributed by atoms with Gasteiger partial charge in [0.25, 0.3) is 0 Å².